The molecule has 1 saturated carbocycles. The fourth-order valence-electron chi connectivity index (χ4n) is 1.42. The normalized spacial score (nSPS) is 14.6. The summed E-state index contributed by atoms with van der Waals surface area (Å²) in [6.45, 7) is 0.847. The number of anilines is 1. The van der Waals surface area contributed by atoms with Crippen LogP contribution in [0.4, 0.5) is 5.69 Å². The molecular formula is C12H15NO4. The van der Waals surface area contributed by atoms with Crippen LogP contribution in [-0.4, -0.2) is 24.5 Å². The summed E-state index contributed by atoms with van der Waals surface area (Å²) in [6, 6.07) is 4.54. The summed E-state index contributed by atoms with van der Waals surface area (Å²) < 4.78 is 10.6. The predicted octanol–water partition coefficient (Wildman–Crippen LogP) is 1.73. The van der Waals surface area contributed by atoms with E-state index >= 15 is 0 Å². The van der Waals surface area contributed by atoms with Gasteiger partial charge in [0.25, 0.3) is 0 Å². The van der Waals surface area contributed by atoms with Gasteiger partial charge in [-0.15, -0.1) is 0 Å². The number of hydrogen-bond acceptors (Lipinski definition) is 4. The molecule has 5 heteroatoms. The molecule has 1 aromatic carbocycles. The number of rotatable bonds is 6. The van der Waals surface area contributed by atoms with E-state index in [1.54, 1.807) is 6.07 Å². The van der Waals surface area contributed by atoms with Gasteiger partial charge in [0.05, 0.1) is 12.2 Å². The molecule has 1 fully saturated rings. The average Bonchev–Trinajstić information content (AvgIpc) is 3.10. The molecule has 0 radical (unpaired) electrons. The summed E-state index contributed by atoms with van der Waals surface area (Å²) >= 11 is 0. The largest absolute Gasteiger partial charge is 0.478 e. The van der Waals surface area contributed by atoms with E-state index in [9.17, 15) is 4.79 Å². The summed E-state index contributed by atoms with van der Waals surface area (Å²) in [5.74, 6) is 0.0684. The molecule has 5 nitrogen and oxygen atoms in total. The van der Waals surface area contributed by atoms with Gasteiger partial charge in [0.15, 0.2) is 6.79 Å². The third-order valence-corrected chi connectivity index (χ3v) is 2.61. The molecule has 92 valence electrons. The molecule has 0 spiro atoms. The summed E-state index contributed by atoms with van der Waals surface area (Å²) in [4.78, 5) is 10.8. The zero-order valence-electron chi connectivity index (χ0n) is 9.39. The Labute approximate surface area is 99.1 Å². The number of carboxylic acid groups (broad SMARTS) is 1. The van der Waals surface area contributed by atoms with Crippen molar-refractivity contribution in [3.8, 4) is 5.75 Å². The number of benzene rings is 1. The lowest BCUT2D eigenvalue weighted by Gasteiger charge is -2.08. The van der Waals surface area contributed by atoms with Crippen molar-refractivity contribution in [1.82, 2.24) is 0 Å². The van der Waals surface area contributed by atoms with Gasteiger partial charge in [-0.3, -0.25) is 0 Å². The molecule has 0 heterocycles. The smallest absolute Gasteiger partial charge is 0.337 e. The van der Waals surface area contributed by atoms with Crippen molar-refractivity contribution in [2.24, 2.45) is 5.92 Å². The standard InChI is InChI=1S/C12H15NO4/c13-11-4-3-9(5-10(11)12(14)15)17-7-16-6-8-1-2-8/h3-5,8H,1-2,6-7,13H2,(H,14,15). The van der Waals surface area contributed by atoms with E-state index in [-0.39, 0.29) is 18.0 Å². The van der Waals surface area contributed by atoms with Crippen LogP contribution in [0.5, 0.6) is 5.75 Å². The van der Waals surface area contributed by atoms with Crippen LogP contribution in [-0.2, 0) is 4.74 Å². The molecule has 2 rings (SSSR count). The van der Waals surface area contributed by atoms with Gasteiger partial charge in [0.1, 0.15) is 5.75 Å². The van der Waals surface area contributed by atoms with Crippen molar-refractivity contribution in [3.05, 3.63) is 23.8 Å². The molecule has 0 aromatic heterocycles. The Bertz CT molecular complexity index is 415. The topological polar surface area (TPSA) is 81.8 Å². The number of ether oxygens (including phenoxy) is 2. The molecule has 17 heavy (non-hydrogen) atoms. The first-order valence-electron chi connectivity index (χ1n) is 5.50. The lowest BCUT2D eigenvalue weighted by atomic mass is 10.2. The lowest BCUT2D eigenvalue weighted by Crippen LogP contribution is -2.07. The molecule has 0 unspecified atom stereocenters. The monoisotopic (exact) mass is 237 g/mol. The zero-order chi connectivity index (χ0) is 12.3. The number of aromatic carboxylic acids is 1. The highest BCUT2D eigenvalue weighted by molar-refractivity contribution is 5.94. The van der Waals surface area contributed by atoms with Crippen LogP contribution in [0.1, 0.15) is 23.2 Å². The van der Waals surface area contributed by atoms with Crippen molar-refractivity contribution in [2.45, 2.75) is 12.8 Å². The predicted molar refractivity (Wildman–Crippen MR) is 62.0 cm³/mol. The maximum atomic E-state index is 10.8. The minimum Gasteiger partial charge on any atom is -0.478 e. The van der Waals surface area contributed by atoms with Crippen LogP contribution in [0.15, 0.2) is 18.2 Å². The van der Waals surface area contributed by atoms with E-state index in [0.717, 1.165) is 0 Å². The Morgan fingerprint density at radius 3 is 2.88 bits per heavy atom. The Morgan fingerprint density at radius 1 is 1.47 bits per heavy atom. The Balaban J connectivity index is 1.86. The van der Waals surface area contributed by atoms with Gasteiger partial charge < -0.3 is 20.3 Å². The highest BCUT2D eigenvalue weighted by atomic mass is 16.7. The van der Waals surface area contributed by atoms with E-state index in [2.05, 4.69) is 0 Å². The lowest BCUT2D eigenvalue weighted by molar-refractivity contribution is 0.00989. The molecule has 3 N–H and O–H groups in total. The van der Waals surface area contributed by atoms with Gasteiger partial charge in [0.2, 0.25) is 0 Å². The van der Waals surface area contributed by atoms with Crippen molar-refractivity contribution in [3.63, 3.8) is 0 Å². The van der Waals surface area contributed by atoms with Crippen molar-refractivity contribution < 1.29 is 19.4 Å². The van der Waals surface area contributed by atoms with Crippen LogP contribution >= 0.6 is 0 Å². The summed E-state index contributed by atoms with van der Waals surface area (Å²) in [6.07, 6.45) is 2.45. The first kappa shape index (κ1) is 11.7. The van der Waals surface area contributed by atoms with Gasteiger partial charge in [0, 0.05) is 5.69 Å². The van der Waals surface area contributed by atoms with E-state index in [0.29, 0.717) is 18.3 Å². The molecule has 1 aliphatic rings. The van der Waals surface area contributed by atoms with E-state index in [4.69, 9.17) is 20.3 Å². The fraction of sp³-hybridized carbons (Fsp3) is 0.417. The van der Waals surface area contributed by atoms with E-state index in [1.807, 2.05) is 0 Å². The Morgan fingerprint density at radius 2 is 2.24 bits per heavy atom. The molecule has 0 bridgehead atoms. The molecular weight excluding hydrogens is 222 g/mol. The zero-order valence-corrected chi connectivity index (χ0v) is 9.39. The maximum Gasteiger partial charge on any atom is 0.337 e. The second-order valence-electron chi connectivity index (χ2n) is 4.13. The van der Waals surface area contributed by atoms with Crippen LogP contribution in [0.3, 0.4) is 0 Å². The number of carboxylic acids is 1. The third-order valence-electron chi connectivity index (χ3n) is 2.61. The first-order valence-corrected chi connectivity index (χ1v) is 5.50. The molecule has 1 aromatic rings. The number of carbonyl (C=O) groups is 1. The fourth-order valence-corrected chi connectivity index (χ4v) is 1.42. The minimum atomic E-state index is -1.06. The second-order valence-corrected chi connectivity index (χ2v) is 4.13. The SMILES string of the molecule is Nc1ccc(OCOCC2CC2)cc1C(=O)O. The van der Waals surface area contributed by atoms with E-state index < -0.39 is 5.97 Å². The van der Waals surface area contributed by atoms with Crippen LogP contribution in [0.2, 0.25) is 0 Å². The molecule has 0 aliphatic heterocycles. The Hall–Kier alpha value is -1.75. The van der Waals surface area contributed by atoms with Crippen LogP contribution in [0.25, 0.3) is 0 Å². The quantitative estimate of drug-likeness (QED) is 0.447. The maximum absolute atomic E-state index is 10.8. The number of nitrogen functional groups attached to an aromatic ring is 1. The summed E-state index contributed by atoms with van der Waals surface area (Å²) in [5, 5.41) is 8.88. The third kappa shape index (κ3) is 3.35. The summed E-state index contributed by atoms with van der Waals surface area (Å²) in [7, 11) is 0. The molecule has 0 saturated heterocycles. The van der Waals surface area contributed by atoms with E-state index in [1.165, 1.54) is 25.0 Å². The van der Waals surface area contributed by atoms with Gasteiger partial charge in [-0.2, -0.15) is 0 Å². The number of nitrogens with two attached hydrogens (primary N) is 1. The van der Waals surface area contributed by atoms with Crippen molar-refractivity contribution in [1.29, 1.82) is 0 Å². The Kier molecular flexibility index (Phi) is 3.49. The van der Waals surface area contributed by atoms with Gasteiger partial charge in [-0.25, -0.2) is 4.79 Å². The van der Waals surface area contributed by atoms with Crippen molar-refractivity contribution >= 4 is 11.7 Å². The molecule has 0 atom stereocenters. The van der Waals surface area contributed by atoms with Gasteiger partial charge in [-0.1, -0.05) is 0 Å². The average molecular weight is 237 g/mol. The van der Waals surface area contributed by atoms with Crippen LogP contribution < -0.4 is 10.5 Å². The highest BCUT2D eigenvalue weighted by Crippen LogP contribution is 2.28. The molecule has 1 aliphatic carbocycles. The van der Waals surface area contributed by atoms with Crippen molar-refractivity contribution in [2.75, 3.05) is 19.1 Å². The molecule has 0 amide bonds. The second kappa shape index (κ2) is 5.05. The summed E-state index contributed by atoms with van der Waals surface area (Å²) in [5.41, 5.74) is 5.80. The minimum absolute atomic E-state index is 0.0460. The van der Waals surface area contributed by atoms with Gasteiger partial charge >= 0.3 is 5.97 Å². The first-order chi connectivity index (χ1) is 8.16. The highest BCUT2D eigenvalue weighted by Gasteiger charge is 2.21. The van der Waals surface area contributed by atoms with Gasteiger partial charge in [-0.05, 0) is 37.0 Å². The van der Waals surface area contributed by atoms with Crippen LogP contribution in [0, 0.1) is 5.92 Å². The number of hydrogen-bond donors (Lipinski definition) is 2.